The van der Waals surface area contributed by atoms with Gasteiger partial charge in [0.05, 0.1) is 11.4 Å². The second kappa shape index (κ2) is 10.1. The molecule has 1 aliphatic rings. The molecular formula is C18H30IN7O. The minimum Gasteiger partial charge on any atom is -0.364 e. The van der Waals surface area contributed by atoms with Gasteiger partial charge < -0.3 is 14.7 Å². The van der Waals surface area contributed by atoms with Crippen molar-refractivity contribution >= 4 is 29.9 Å². The van der Waals surface area contributed by atoms with Crippen molar-refractivity contribution in [3.8, 4) is 0 Å². The van der Waals surface area contributed by atoms with Crippen molar-refractivity contribution in [1.82, 2.24) is 30.1 Å². The van der Waals surface area contributed by atoms with Gasteiger partial charge in [-0.05, 0) is 25.8 Å². The van der Waals surface area contributed by atoms with Crippen LogP contribution in [0.1, 0.15) is 22.6 Å². The van der Waals surface area contributed by atoms with E-state index < -0.39 is 0 Å². The molecule has 0 saturated carbocycles. The van der Waals surface area contributed by atoms with Crippen LogP contribution < -0.4 is 5.32 Å². The summed E-state index contributed by atoms with van der Waals surface area (Å²) in [6, 6.07) is 1.93. The van der Waals surface area contributed by atoms with Crippen molar-refractivity contribution in [3.05, 3.63) is 35.0 Å². The number of piperazine rings is 1. The molecule has 0 amide bonds. The van der Waals surface area contributed by atoms with Gasteiger partial charge in [-0.2, -0.15) is 5.10 Å². The first-order chi connectivity index (χ1) is 12.6. The molecule has 0 aromatic carbocycles. The van der Waals surface area contributed by atoms with E-state index >= 15 is 0 Å². The van der Waals surface area contributed by atoms with Crippen molar-refractivity contribution in [3.63, 3.8) is 0 Å². The topological polar surface area (TPSA) is 74.7 Å². The SMILES string of the molecule is CN=C(NCCc1c(C)nn(C)c1C)N1CCN(Cc2ccon2)CC1.I. The predicted octanol–water partition coefficient (Wildman–Crippen LogP) is 1.58. The summed E-state index contributed by atoms with van der Waals surface area (Å²) in [7, 11) is 3.85. The average molecular weight is 487 g/mol. The van der Waals surface area contributed by atoms with E-state index in [1.807, 2.05) is 24.8 Å². The first kappa shape index (κ1) is 21.7. The highest BCUT2D eigenvalue weighted by Crippen LogP contribution is 2.12. The second-order valence-electron chi connectivity index (χ2n) is 6.75. The van der Waals surface area contributed by atoms with Crippen molar-refractivity contribution in [2.45, 2.75) is 26.8 Å². The highest BCUT2D eigenvalue weighted by molar-refractivity contribution is 14.0. The molecule has 150 valence electrons. The van der Waals surface area contributed by atoms with Crippen LogP contribution in [0, 0.1) is 13.8 Å². The highest BCUT2D eigenvalue weighted by Gasteiger charge is 2.20. The number of aromatic nitrogens is 3. The summed E-state index contributed by atoms with van der Waals surface area (Å²) in [6.07, 6.45) is 2.58. The third-order valence-corrected chi connectivity index (χ3v) is 5.08. The highest BCUT2D eigenvalue weighted by atomic mass is 127. The molecular weight excluding hydrogens is 457 g/mol. The van der Waals surface area contributed by atoms with Gasteiger partial charge in [-0.1, -0.05) is 5.16 Å². The maximum absolute atomic E-state index is 4.91. The van der Waals surface area contributed by atoms with Crippen LogP contribution in [0.2, 0.25) is 0 Å². The lowest BCUT2D eigenvalue weighted by atomic mass is 10.1. The largest absolute Gasteiger partial charge is 0.364 e. The van der Waals surface area contributed by atoms with E-state index in [1.54, 1.807) is 6.26 Å². The van der Waals surface area contributed by atoms with Crippen molar-refractivity contribution < 1.29 is 4.52 Å². The number of hydrogen-bond donors (Lipinski definition) is 1. The minimum absolute atomic E-state index is 0. The van der Waals surface area contributed by atoms with E-state index in [1.165, 1.54) is 11.3 Å². The Labute approximate surface area is 178 Å². The van der Waals surface area contributed by atoms with Crippen molar-refractivity contribution in [1.29, 1.82) is 0 Å². The second-order valence-corrected chi connectivity index (χ2v) is 6.75. The van der Waals surface area contributed by atoms with E-state index in [9.17, 15) is 0 Å². The number of halogens is 1. The summed E-state index contributed by atoms with van der Waals surface area (Å²) >= 11 is 0. The van der Waals surface area contributed by atoms with Crippen LogP contribution in [0.5, 0.6) is 0 Å². The number of guanidine groups is 1. The first-order valence-electron chi connectivity index (χ1n) is 9.14. The van der Waals surface area contributed by atoms with Gasteiger partial charge in [-0.3, -0.25) is 14.6 Å². The van der Waals surface area contributed by atoms with Gasteiger partial charge in [0, 0.05) is 65.1 Å². The fourth-order valence-electron chi connectivity index (χ4n) is 3.48. The van der Waals surface area contributed by atoms with Crippen LogP contribution in [0.3, 0.4) is 0 Å². The smallest absolute Gasteiger partial charge is 0.193 e. The minimum atomic E-state index is 0. The van der Waals surface area contributed by atoms with Crippen LogP contribution in [0.25, 0.3) is 0 Å². The molecule has 0 atom stereocenters. The van der Waals surface area contributed by atoms with E-state index in [4.69, 9.17) is 4.52 Å². The van der Waals surface area contributed by atoms with E-state index in [0.29, 0.717) is 0 Å². The van der Waals surface area contributed by atoms with Gasteiger partial charge in [0.1, 0.15) is 6.26 Å². The third-order valence-electron chi connectivity index (χ3n) is 5.08. The third kappa shape index (κ3) is 5.44. The molecule has 27 heavy (non-hydrogen) atoms. The average Bonchev–Trinajstić information content (AvgIpc) is 3.23. The van der Waals surface area contributed by atoms with Crippen molar-refractivity contribution in [2.24, 2.45) is 12.0 Å². The fourth-order valence-corrected chi connectivity index (χ4v) is 3.48. The molecule has 2 aromatic rings. The normalized spacial score (nSPS) is 15.7. The van der Waals surface area contributed by atoms with Crippen LogP contribution in [0.15, 0.2) is 21.8 Å². The van der Waals surface area contributed by atoms with E-state index in [2.05, 4.69) is 44.2 Å². The Morgan fingerprint density at radius 2 is 2.00 bits per heavy atom. The maximum atomic E-state index is 4.91. The number of aryl methyl sites for hydroxylation is 2. The zero-order valence-electron chi connectivity index (χ0n) is 16.6. The van der Waals surface area contributed by atoms with Crippen LogP contribution in [-0.2, 0) is 20.0 Å². The predicted molar refractivity (Wildman–Crippen MR) is 117 cm³/mol. The zero-order chi connectivity index (χ0) is 18.5. The maximum Gasteiger partial charge on any atom is 0.193 e. The Kier molecular flexibility index (Phi) is 8.08. The van der Waals surface area contributed by atoms with E-state index in [0.717, 1.165) is 63.0 Å². The molecule has 3 rings (SSSR count). The van der Waals surface area contributed by atoms with Crippen LogP contribution in [0.4, 0.5) is 0 Å². The molecule has 0 spiro atoms. The monoisotopic (exact) mass is 487 g/mol. The lowest BCUT2D eigenvalue weighted by molar-refractivity contribution is 0.169. The molecule has 1 N–H and O–H groups in total. The Hall–Kier alpha value is -1.62. The van der Waals surface area contributed by atoms with E-state index in [-0.39, 0.29) is 24.0 Å². The van der Waals surface area contributed by atoms with Gasteiger partial charge in [-0.25, -0.2) is 0 Å². The first-order valence-corrected chi connectivity index (χ1v) is 9.14. The Morgan fingerprint density at radius 3 is 2.56 bits per heavy atom. The van der Waals surface area contributed by atoms with Gasteiger partial charge in [0.25, 0.3) is 0 Å². The summed E-state index contributed by atoms with van der Waals surface area (Å²) in [5, 5.41) is 12.0. The quantitative estimate of drug-likeness (QED) is 0.392. The Balaban J connectivity index is 0.00000261. The molecule has 9 heteroatoms. The standard InChI is InChI=1S/C18H29N7O.HI/c1-14-17(15(2)23(4)21-14)5-7-20-18(19-3)25-10-8-24(9-11-25)13-16-6-12-26-22-16;/h6,12H,5,7-11,13H2,1-4H3,(H,19,20);1H. The molecule has 0 radical (unpaired) electrons. The lowest BCUT2D eigenvalue weighted by Gasteiger charge is -2.36. The van der Waals surface area contributed by atoms with Gasteiger partial charge in [-0.15, -0.1) is 24.0 Å². The fraction of sp³-hybridized carbons (Fsp3) is 0.611. The van der Waals surface area contributed by atoms with Gasteiger partial charge in [0.2, 0.25) is 0 Å². The number of hydrogen-bond acceptors (Lipinski definition) is 5. The summed E-state index contributed by atoms with van der Waals surface area (Å²) in [5.41, 5.74) is 4.67. The summed E-state index contributed by atoms with van der Waals surface area (Å²) < 4.78 is 6.86. The number of aliphatic imine (C=N–C) groups is 1. The summed E-state index contributed by atoms with van der Waals surface area (Å²) in [5.74, 6) is 0.977. The van der Waals surface area contributed by atoms with Crippen molar-refractivity contribution in [2.75, 3.05) is 39.8 Å². The summed E-state index contributed by atoms with van der Waals surface area (Å²) in [4.78, 5) is 9.17. The Morgan fingerprint density at radius 1 is 1.26 bits per heavy atom. The number of rotatable bonds is 5. The van der Waals surface area contributed by atoms with Gasteiger partial charge in [0.15, 0.2) is 5.96 Å². The molecule has 8 nitrogen and oxygen atoms in total. The molecule has 0 unspecified atom stereocenters. The molecule has 1 fully saturated rings. The number of nitrogens with zero attached hydrogens (tertiary/aromatic N) is 6. The molecule has 0 bridgehead atoms. The number of nitrogens with one attached hydrogen (secondary N) is 1. The zero-order valence-corrected chi connectivity index (χ0v) is 18.9. The molecule has 1 saturated heterocycles. The molecule has 0 aliphatic carbocycles. The van der Waals surface area contributed by atoms with Gasteiger partial charge >= 0.3 is 0 Å². The van der Waals surface area contributed by atoms with Crippen LogP contribution in [-0.4, -0.2) is 70.5 Å². The Bertz CT molecular complexity index is 733. The lowest BCUT2D eigenvalue weighted by Crippen LogP contribution is -2.52. The molecule has 3 heterocycles. The summed E-state index contributed by atoms with van der Waals surface area (Å²) in [6.45, 7) is 9.81. The molecule has 1 aliphatic heterocycles. The van der Waals surface area contributed by atoms with Crippen LogP contribution >= 0.6 is 24.0 Å². The molecule has 2 aromatic heterocycles.